The minimum atomic E-state index is -0.459. The van der Waals surface area contributed by atoms with Crippen LogP contribution in [-0.4, -0.2) is 16.6 Å². The lowest BCUT2D eigenvalue weighted by atomic mass is 10.0. The predicted octanol–water partition coefficient (Wildman–Crippen LogP) is 1.55. The number of aliphatic hydroxyl groups excluding tert-OH is 1. The van der Waals surface area contributed by atoms with E-state index in [4.69, 9.17) is 5.73 Å². The highest BCUT2D eigenvalue weighted by molar-refractivity contribution is 5.83. The maximum atomic E-state index is 9.84. The first kappa shape index (κ1) is 9.24. The van der Waals surface area contributed by atoms with E-state index in [9.17, 15) is 5.11 Å². The summed E-state index contributed by atoms with van der Waals surface area (Å²) in [7, 11) is 0. The number of hydrogen-bond acceptors (Lipinski definition) is 2. The molecule has 74 valence electrons. The van der Waals surface area contributed by atoms with E-state index in [-0.39, 0.29) is 0 Å². The Morgan fingerprint density at radius 3 is 3.00 bits per heavy atom. The largest absolute Gasteiger partial charge is 0.388 e. The van der Waals surface area contributed by atoms with Gasteiger partial charge in [-0.3, -0.25) is 0 Å². The van der Waals surface area contributed by atoms with Crippen LogP contribution in [0.1, 0.15) is 18.1 Å². The Labute approximate surface area is 82.6 Å². The molecule has 3 heteroatoms. The van der Waals surface area contributed by atoms with E-state index in [1.807, 2.05) is 30.5 Å². The molecule has 1 heterocycles. The predicted molar refractivity (Wildman–Crippen MR) is 56.9 cm³/mol. The van der Waals surface area contributed by atoms with Crippen molar-refractivity contribution >= 4 is 10.9 Å². The van der Waals surface area contributed by atoms with Crippen LogP contribution in [0.4, 0.5) is 0 Å². The van der Waals surface area contributed by atoms with Crippen molar-refractivity contribution in [2.24, 2.45) is 5.73 Å². The molecule has 1 aromatic heterocycles. The molecule has 0 spiro atoms. The number of aliphatic hydroxyl groups is 1. The summed E-state index contributed by atoms with van der Waals surface area (Å²) in [4.78, 5) is 3.11. The maximum absolute atomic E-state index is 9.84. The highest BCUT2D eigenvalue weighted by Gasteiger charge is 2.09. The first-order valence-electron chi connectivity index (χ1n) is 4.77. The third-order valence-electron chi connectivity index (χ3n) is 2.43. The number of aromatic nitrogens is 1. The van der Waals surface area contributed by atoms with Gasteiger partial charge in [-0.2, -0.15) is 0 Å². The van der Waals surface area contributed by atoms with E-state index in [1.165, 1.54) is 0 Å². The maximum Gasteiger partial charge on any atom is 0.0808 e. The molecule has 14 heavy (non-hydrogen) atoms. The number of nitrogens with one attached hydrogen (secondary N) is 1. The second kappa shape index (κ2) is 3.82. The van der Waals surface area contributed by atoms with Crippen molar-refractivity contribution in [2.45, 2.75) is 12.5 Å². The molecule has 1 unspecified atom stereocenters. The fraction of sp³-hybridized carbons (Fsp3) is 0.273. The molecule has 2 rings (SSSR count). The Kier molecular flexibility index (Phi) is 2.52. The van der Waals surface area contributed by atoms with Gasteiger partial charge < -0.3 is 15.8 Å². The highest BCUT2D eigenvalue weighted by Crippen LogP contribution is 2.24. The fourth-order valence-electron chi connectivity index (χ4n) is 1.71. The number of hydrogen-bond donors (Lipinski definition) is 3. The number of fused-ring (bicyclic) bond motifs is 1. The minimum absolute atomic E-state index is 0.459. The molecule has 0 bridgehead atoms. The monoisotopic (exact) mass is 190 g/mol. The molecule has 0 aliphatic rings. The molecule has 0 amide bonds. The SMILES string of the molecule is NCCC(O)c1cccc2[nH]ccc12. The zero-order valence-electron chi connectivity index (χ0n) is 7.90. The lowest BCUT2D eigenvalue weighted by molar-refractivity contribution is 0.172. The molecule has 1 atom stereocenters. The van der Waals surface area contributed by atoms with Gasteiger partial charge in [-0.25, -0.2) is 0 Å². The summed E-state index contributed by atoms with van der Waals surface area (Å²) in [6.07, 6.45) is 2.02. The standard InChI is InChI=1S/C11H14N2O/c12-6-4-11(14)9-2-1-3-10-8(9)5-7-13-10/h1-3,5,7,11,13-14H,4,6,12H2. The van der Waals surface area contributed by atoms with Crippen LogP contribution in [0.2, 0.25) is 0 Å². The van der Waals surface area contributed by atoms with E-state index < -0.39 is 6.10 Å². The van der Waals surface area contributed by atoms with Gasteiger partial charge in [0.25, 0.3) is 0 Å². The Morgan fingerprint density at radius 2 is 2.21 bits per heavy atom. The van der Waals surface area contributed by atoms with Crippen LogP contribution in [0.3, 0.4) is 0 Å². The molecule has 2 aromatic rings. The van der Waals surface area contributed by atoms with Crippen molar-refractivity contribution in [3.8, 4) is 0 Å². The Hall–Kier alpha value is -1.32. The number of H-pyrrole nitrogens is 1. The molecule has 0 aliphatic carbocycles. The van der Waals surface area contributed by atoms with Crippen molar-refractivity contribution in [3.63, 3.8) is 0 Å². The van der Waals surface area contributed by atoms with E-state index in [0.29, 0.717) is 13.0 Å². The van der Waals surface area contributed by atoms with Crippen molar-refractivity contribution < 1.29 is 5.11 Å². The van der Waals surface area contributed by atoms with Crippen LogP contribution >= 0.6 is 0 Å². The zero-order chi connectivity index (χ0) is 9.97. The smallest absolute Gasteiger partial charge is 0.0808 e. The number of rotatable bonds is 3. The van der Waals surface area contributed by atoms with Crippen molar-refractivity contribution in [1.29, 1.82) is 0 Å². The number of benzene rings is 1. The van der Waals surface area contributed by atoms with Gasteiger partial charge in [0.2, 0.25) is 0 Å². The molecule has 0 aliphatic heterocycles. The van der Waals surface area contributed by atoms with Gasteiger partial charge in [0, 0.05) is 17.1 Å². The Balaban J connectivity index is 2.45. The summed E-state index contributed by atoms with van der Waals surface area (Å²) in [5, 5.41) is 10.9. The quantitative estimate of drug-likeness (QED) is 0.687. The summed E-state index contributed by atoms with van der Waals surface area (Å²) in [6.45, 7) is 0.502. The lowest BCUT2D eigenvalue weighted by Gasteiger charge is -2.10. The van der Waals surface area contributed by atoms with Gasteiger partial charge >= 0.3 is 0 Å². The molecule has 0 saturated carbocycles. The van der Waals surface area contributed by atoms with Crippen LogP contribution in [0.25, 0.3) is 10.9 Å². The summed E-state index contributed by atoms with van der Waals surface area (Å²) in [6, 6.07) is 7.85. The molecule has 0 saturated heterocycles. The number of aromatic amines is 1. The Morgan fingerprint density at radius 1 is 1.36 bits per heavy atom. The fourth-order valence-corrected chi connectivity index (χ4v) is 1.71. The van der Waals surface area contributed by atoms with Gasteiger partial charge in [0.1, 0.15) is 0 Å². The van der Waals surface area contributed by atoms with Gasteiger partial charge in [-0.05, 0) is 30.7 Å². The van der Waals surface area contributed by atoms with Crippen LogP contribution in [0.5, 0.6) is 0 Å². The Bertz CT molecular complexity index is 422. The second-order valence-electron chi connectivity index (χ2n) is 3.38. The van der Waals surface area contributed by atoms with Crippen LogP contribution in [-0.2, 0) is 0 Å². The van der Waals surface area contributed by atoms with Crippen LogP contribution < -0.4 is 5.73 Å². The van der Waals surface area contributed by atoms with Gasteiger partial charge in [-0.15, -0.1) is 0 Å². The van der Waals surface area contributed by atoms with Crippen molar-refractivity contribution in [2.75, 3.05) is 6.54 Å². The van der Waals surface area contributed by atoms with Crippen LogP contribution in [0.15, 0.2) is 30.5 Å². The second-order valence-corrected chi connectivity index (χ2v) is 3.38. The molecule has 3 nitrogen and oxygen atoms in total. The molecule has 0 radical (unpaired) electrons. The summed E-state index contributed by atoms with van der Waals surface area (Å²) in [5.74, 6) is 0. The van der Waals surface area contributed by atoms with Crippen molar-refractivity contribution in [3.05, 3.63) is 36.0 Å². The summed E-state index contributed by atoms with van der Waals surface area (Å²) >= 11 is 0. The molecular formula is C11H14N2O. The normalized spacial score (nSPS) is 13.3. The molecule has 0 fully saturated rings. The summed E-state index contributed by atoms with van der Waals surface area (Å²) < 4.78 is 0. The third kappa shape index (κ3) is 1.52. The molecular weight excluding hydrogens is 176 g/mol. The lowest BCUT2D eigenvalue weighted by Crippen LogP contribution is -2.06. The average Bonchev–Trinajstić information content (AvgIpc) is 2.65. The molecule has 1 aromatic carbocycles. The third-order valence-corrected chi connectivity index (χ3v) is 2.43. The summed E-state index contributed by atoms with van der Waals surface area (Å²) in [5.41, 5.74) is 7.43. The zero-order valence-corrected chi connectivity index (χ0v) is 7.90. The van der Waals surface area contributed by atoms with E-state index in [1.54, 1.807) is 0 Å². The van der Waals surface area contributed by atoms with E-state index >= 15 is 0 Å². The van der Waals surface area contributed by atoms with Gasteiger partial charge in [0.05, 0.1) is 6.10 Å². The van der Waals surface area contributed by atoms with Crippen LogP contribution in [0, 0.1) is 0 Å². The number of nitrogens with two attached hydrogens (primary N) is 1. The highest BCUT2D eigenvalue weighted by atomic mass is 16.3. The molecule has 4 N–H and O–H groups in total. The van der Waals surface area contributed by atoms with Gasteiger partial charge in [0.15, 0.2) is 0 Å². The van der Waals surface area contributed by atoms with Crippen molar-refractivity contribution in [1.82, 2.24) is 4.98 Å². The topological polar surface area (TPSA) is 62.0 Å². The van der Waals surface area contributed by atoms with E-state index in [0.717, 1.165) is 16.5 Å². The first-order valence-corrected chi connectivity index (χ1v) is 4.77. The average molecular weight is 190 g/mol. The minimum Gasteiger partial charge on any atom is -0.388 e. The first-order chi connectivity index (χ1) is 6.83. The van der Waals surface area contributed by atoms with E-state index in [2.05, 4.69) is 4.98 Å². The van der Waals surface area contributed by atoms with Gasteiger partial charge in [-0.1, -0.05) is 12.1 Å².